The highest BCUT2D eigenvalue weighted by Crippen LogP contribution is 2.09. The molecular formula is C13H16F2N2O3. The Morgan fingerprint density at radius 1 is 1.25 bits per heavy atom. The van der Waals surface area contributed by atoms with E-state index in [-0.39, 0.29) is 13.0 Å². The molecule has 0 aliphatic rings. The van der Waals surface area contributed by atoms with Crippen LogP contribution in [-0.4, -0.2) is 22.6 Å². The molecular weight excluding hydrogens is 270 g/mol. The van der Waals surface area contributed by atoms with Crippen molar-refractivity contribution in [1.29, 1.82) is 0 Å². The van der Waals surface area contributed by atoms with E-state index in [0.717, 1.165) is 12.1 Å². The van der Waals surface area contributed by atoms with Crippen molar-refractivity contribution in [2.24, 2.45) is 0 Å². The van der Waals surface area contributed by atoms with Crippen LogP contribution in [0.15, 0.2) is 18.2 Å². The first kappa shape index (κ1) is 15.9. The summed E-state index contributed by atoms with van der Waals surface area (Å²) in [5.74, 6) is -2.98. The van der Waals surface area contributed by atoms with Crippen molar-refractivity contribution in [3.8, 4) is 0 Å². The molecule has 20 heavy (non-hydrogen) atoms. The van der Waals surface area contributed by atoms with Crippen molar-refractivity contribution in [3.05, 3.63) is 35.4 Å². The summed E-state index contributed by atoms with van der Waals surface area (Å²) >= 11 is 0. The van der Waals surface area contributed by atoms with Crippen LogP contribution < -0.4 is 10.6 Å². The third-order valence-corrected chi connectivity index (χ3v) is 2.48. The lowest BCUT2D eigenvalue weighted by atomic mass is 10.0. The minimum Gasteiger partial charge on any atom is -0.481 e. The molecule has 0 heterocycles. The predicted octanol–water partition coefficient (Wildman–Crippen LogP) is 2.02. The Morgan fingerprint density at radius 2 is 1.90 bits per heavy atom. The predicted molar refractivity (Wildman–Crippen MR) is 68.1 cm³/mol. The van der Waals surface area contributed by atoms with Crippen LogP contribution in [0.3, 0.4) is 0 Å². The van der Waals surface area contributed by atoms with Crippen molar-refractivity contribution in [2.45, 2.75) is 32.4 Å². The van der Waals surface area contributed by atoms with Gasteiger partial charge in [0, 0.05) is 12.1 Å². The molecule has 0 saturated heterocycles. The first-order chi connectivity index (χ1) is 9.19. The second kappa shape index (κ2) is 6.31. The van der Waals surface area contributed by atoms with Crippen LogP contribution in [0.25, 0.3) is 0 Å². The lowest BCUT2D eigenvalue weighted by Crippen LogP contribution is -2.49. The van der Waals surface area contributed by atoms with Gasteiger partial charge in [0.2, 0.25) is 0 Å². The van der Waals surface area contributed by atoms with Crippen LogP contribution in [0, 0.1) is 11.6 Å². The molecule has 3 N–H and O–H groups in total. The fourth-order valence-electron chi connectivity index (χ4n) is 1.61. The molecule has 0 atom stereocenters. The van der Waals surface area contributed by atoms with Crippen LogP contribution >= 0.6 is 0 Å². The molecule has 0 spiro atoms. The number of nitrogens with one attached hydrogen (secondary N) is 2. The summed E-state index contributed by atoms with van der Waals surface area (Å²) in [5.41, 5.74) is -0.515. The van der Waals surface area contributed by atoms with E-state index in [9.17, 15) is 18.4 Å². The Labute approximate surface area is 115 Å². The third kappa shape index (κ3) is 5.21. The van der Waals surface area contributed by atoms with Crippen LogP contribution in [0.5, 0.6) is 0 Å². The number of hydrogen-bond acceptors (Lipinski definition) is 2. The first-order valence-corrected chi connectivity index (χ1v) is 5.91. The van der Waals surface area contributed by atoms with Gasteiger partial charge in [-0.05, 0) is 31.5 Å². The van der Waals surface area contributed by atoms with E-state index >= 15 is 0 Å². The average Bonchev–Trinajstić information content (AvgIpc) is 2.28. The Hall–Kier alpha value is -2.18. The highest BCUT2D eigenvalue weighted by molar-refractivity contribution is 5.76. The number of carbonyl (C=O) groups excluding carboxylic acids is 1. The quantitative estimate of drug-likeness (QED) is 0.775. The van der Waals surface area contributed by atoms with E-state index in [0.29, 0.717) is 5.56 Å². The van der Waals surface area contributed by atoms with Crippen LogP contribution in [0.1, 0.15) is 25.8 Å². The maximum atomic E-state index is 12.9. The molecule has 0 aromatic heterocycles. The standard InChI is InChI=1S/C13H16F2N2O3/c1-13(2,6-11(18)19)17-12(20)16-7-8-3-4-9(14)10(15)5-8/h3-5H,6-7H2,1-2H3,(H,18,19)(H2,16,17,20). The highest BCUT2D eigenvalue weighted by atomic mass is 19.2. The zero-order chi connectivity index (χ0) is 15.3. The SMILES string of the molecule is CC(C)(CC(=O)O)NC(=O)NCc1ccc(F)c(F)c1. The van der Waals surface area contributed by atoms with Gasteiger partial charge in [0.15, 0.2) is 11.6 Å². The van der Waals surface area contributed by atoms with Gasteiger partial charge in [0.1, 0.15) is 0 Å². The second-order valence-corrected chi connectivity index (χ2v) is 5.01. The van der Waals surface area contributed by atoms with E-state index in [1.807, 2.05) is 0 Å². The molecule has 0 saturated carbocycles. The first-order valence-electron chi connectivity index (χ1n) is 5.91. The van der Waals surface area contributed by atoms with Gasteiger partial charge in [-0.25, -0.2) is 13.6 Å². The zero-order valence-electron chi connectivity index (χ0n) is 11.2. The molecule has 0 unspecified atom stereocenters. The van der Waals surface area contributed by atoms with Gasteiger partial charge in [0.05, 0.1) is 6.42 Å². The number of rotatable bonds is 5. The van der Waals surface area contributed by atoms with E-state index in [1.165, 1.54) is 6.07 Å². The minimum absolute atomic E-state index is 0.00614. The van der Waals surface area contributed by atoms with E-state index in [4.69, 9.17) is 5.11 Å². The fraction of sp³-hybridized carbons (Fsp3) is 0.385. The topological polar surface area (TPSA) is 78.4 Å². The number of amides is 2. The largest absolute Gasteiger partial charge is 0.481 e. The van der Waals surface area contributed by atoms with Crippen molar-refractivity contribution >= 4 is 12.0 Å². The normalized spacial score (nSPS) is 11.0. The third-order valence-electron chi connectivity index (χ3n) is 2.48. The van der Waals surface area contributed by atoms with E-state index in [2.05, 4.69) is 10.6 Å². The maximum absolute atomic E-state index is 12.9. The summed E-state index contributed by atoms with van der Waals surface area (Å²) in [7, 11) is 0. The van der Waals surface area contributed by atoms with Crippen molar-refractivity contribution in [3.63, 3.8) is 0 Å². The summed E-state index contributed by atoms with van der Waals surface area (Å²) < 4.78 is 25.7. The van der Waals surface area contributed by atoms with Crippen molar-refractivity contribution in [2.75, 3.05) is 0 Å². The number of urea groups is 1. The molecule has 0 radical (unpaired) electrons. The van der Waals surface area contributed by atoms with Gasteiger partial charge in [-0.15, -0.1) is 0 Å². The Kier molecular flexibility index (Phi) is 5.01. The van der Waals surface area contributed by atoms with E-state index < -0.39 is 29.2 Å². The Bertz CT molecular complexity index is 518. The number of carbonyl (C=O) groups is 2. The molecule has 1 aromatic rings. The molecule has 0 bridgehead atoms. The van der Waals surface area contributed by atoms with Gasteiger partial charge in [-0.1, -0.05) is 6.07 Å². The number of carboxylic acid groups (broad SMARTS) is 1. The van der Waals surface area contributed by atoms with Gasteiger partial charge >= 0.3 is 12.0 Å². The molecule has 110 valence electrons. The molecule has 0 fully saturated rings. The molecule has 0 aliphatic carbocycles. The lowest BCUT2D eigenvalue weighted by molar-refractivity contribution is -0.138. The van der Waals surface area contributed by atoms with Gasteiger partial charge in [-0.3, -0.25) is 4.79 Å². The molecule has 1 aromatic carbocycles. The number of aliphatic carboxylic acids is 1. The fourth-order valence-corrected chi connectivity index (χ4v) is 1.61. The summed E-state index contributed by atoms with van der Waals surface area (Å²) in [6.45, 7) is 3.14. The smallest absolute Gasteiger partial charge is 0.315 e. The van der Waals surface area contributed by atoms with E-state index in [1.54, 1.807) is 13.8 Å². The summed E-state index contributed by atoms with van der Waals surface area (Å²) in [6.07, 6.45) is -0.231. The number of benzene rings is 1. The Balaban J connectivity index is 2.51. The summed E-state index contributed by atoms with van der Waals surface area (Å²) in [6, 6.07) is 2.72. The second-order valence-electron chi connectivity index (χ2n) is 5.01. The highest BCUT2D eigenvalue weighted by Gasteiger charge is 2.23. The zero-order valence-corrected chi connectivity index (χ0v) is 11.2. The monoisotopic (exact) mass is 286 g/mol. The summed E-state index contributed by atoms with van der Waals surface area (Å²) in [4.78, 5) is 22.2. The van der Waals surface area contributed by atoms with Crippen molar-refractivity contribution < 1.29 is 23.5 Å². The van der Waals surface area contributed by atoms with Crippen molar-refractivity contribution in [1.82, 2.24) is 10.6 Å². The van der Waals surface area contributed by atoms with Gasteiger partial charge in [-0.2, -0.15) is 0 Å². The van der Waals surface area contributed by atoms with Crippen LogP contribution in [0.2, 0.25) is 0 Å². The summed E-state index contributed by atoms with van der Waals surface area (Å²) in [5, 5.41) is 13.6. The number of halogens is 2. The molecule has 1 rings (SSSR count). The molecule has 2 amide bonds. The number of carboxylic acids is 1. The van der Waals surface area contributed by atoms with Crippen LogP contribution in [-0.2, 0) is 11.3 Å². The number of hydrogen-bond donors (Lipinski definition) is 3. The minimum atomic E-state index is -1.03. The molecule has 0 aliphatic heterocycles. The lowest BCUT2D eigenvalue weighted by Gasteiger charge is -2.24. The van der Waals surface area contributed by atoms with Gasteiger partial charge in [0.25, 0.3) is 0 Å². The maximum Gasteiger partial charge on any atom is 0.315 e. The Morgan fingerprint density at radius 3 is 2.45 bits per heavy atom. The van der Waals surface area contributed by atoms with Crippen LogP contribution in [0.4, 0.5) is 13.6 Å². The molecule has 5 nitrogen and oxygen atoms in total. The average molecular weight is 286 g/mol. The molecule has 7 heteroatoms. The van der Waals surface area contributed by atoms with Gasteiger partial charge < -0.3 is 15.7 Å².